The van der Waals surface area contributed by atoms with Crippen LogP contribution >= 0.6 is 0 Å². The summed E-state index contributed by atoms with van der Waals surface area (Å²) in [6.07, 6.45) is 4.90. The Kier molecular flexibility index (Phi) is 3.77. The summed E-state index contributed by atoms with van der Waals surface area (Å²) < 4.78 is 6.41. The van der Waals surface area contributed by atoms with Crippen LogP contribution in [-0.2, 0) is 10.3 Å². The monoisotopic (exact) mass is 290 g/mol. The zero-order chi connectivity index (χ0) is 14.8. The molecule has 2 aromatic rings. The van der Waals surface area contributed by atoms with Gasteiger partial charge < -0.3 is 9.47 Å². The average Bonchev–Trinajstić information content (AvgIpc) is 2.63. The van der Waals surface area contributed by atoms with Crippen LogP contribution in [0.5, 0.6) is 0 Å². The fourth-order valence-electron chi connectivity index (χ4n) is 3.87. The lowest BCUT2D eigenvalue weighted by atomic mass is 9.74. The first-order valence-corrected chi connectivity index (χ1v) is 8.26. The second-order valence-electron chi connectivity index (χ2n) is 6.37. The van der Waals surface area contributed by atoms with Gasteiger partial charge in [0.15, 0.2) is 0 Å². The van der Waals surface area contributed by atoms with E-state index in [1.807, 2.05) is 7.62 Å². The molecule has 2 heterocycles. The molecule has 2 aliphatic rings. The predicted molar refractivity (Wildman–Crippen MR) is 89.5 cm³/mol. The molecule has 0 amide bonds. The van der Waals surface area contributed by atoms with E-state index in [0.29, 0.717) is 6.04 Å². The van der Waals surface area contributed by atoms with Crippen molar-refractivity contribution in [3.05, 3.63) is 71.8 Å². The number of piperidine rings is 1. The van der Waals surface area contributed by atoms with E-state index in [-0.39, 0.29) is 5.60 Å². The summed E-state index contributed by atoms with van der Waals surface area (Å²) in [4.78, 5) is 2.40. The van der Waals surface area contributed by atoms with Crippen molar-refractivity contribution in [2.24, 2.45) is 0 Å². The van der Waals surface area contributed by atoms with Crippen LogP contribution in [0.3, 0.4) is 0 Å². The maximum atomic E-state index is 6.41. The van der Waals surface area contributed by atoms with E-state index in [1.54, 1.807) is 0 Å². The van der Waals surface area contributed by atoms with Crippen molar-refractivity contribution in [2.75, 3.05) is 6.54 Å². The fourth-order valence-corrected chi connectivity index (χ4v) is 3.87. The summed E-state index contributed by atoms with van der Waals surface area (Å²) >= 11 is 0. The molecule has 1 radical (unpaired) electrons. The van der Waals surface area contributed by atoms with E-state index in [2.05, 4.69) is 65.5 Å². The van der Waals surface area contributed by atoms with Gasteiger partial charge in [-0.15, -0.1) is 0 Å². The summed E-state index contributed by atoms with van der Waals surface area (Å²) in [7, 11) is 1.99. The summed E-state index contributed by atoms with van der Waals surface area (Å²) in [5.41, 5.74) is 2.16. The number of rotatable bonds is 2. The molecule has 2 aliphatic heterocycles. The fraction of sp³-hybridized carbons (Fsp3) is 0.368. The Balaban J connectivity index is 1.77. The zero-order valence-corrected chi connectivity index (χ0v) is 12.8. The molecule has 2 saturated heterocycles. The Morgan fingerprint density at radius 2 is 1.55 bits per heavy atom. The van der Waals surface area contributed by atoms with E-state index in [4.69, 9.17) is 4.65 Å². The molecular formula is C19H21BNO. The number of benzene rings is 2. The Morgan fingerprint density at radius 1 is 0.909 bits per heavy atom. The highest BCUT2D eigenvalue weighted by atomic mass is 16.5. The standard InChI is InChI=1S/C19H21BNO/c1-3-9-16(10-4-1)19(17-11-5-2-6-12-17)15-18-13-7-8-14-21(18)20-22-19/h1-6,9-12,18H,7-8,13-15H2. The minimum Gasteiger partial charge on any atom is -0.410 e. The van der Waals surface area contributed by atoms with Crippen LogP contribution in [0.15, 0.2) is 60.7 Å². The molecule has 2 aromatic carbocycles. The third-order valence-corrected chi connectivity index (χ3v) is 5.07. The van der Waals surface area contributed by atoms with Crippen molar-refractivity contribution < 1.29 is 4.65 Å². The number of fused-ring (bicyclic) bond motifs is 1. The zero-order valence-electron chi connectivity index (χ0n) is 12.8. The van der Waals surface area contributed by atoms with Crippen LogP contribution in [0.1, 0.15) is 36.8 Å². The quantitative estimate of drug-likeness (QED) is 0.781. The smallest absolute Gasteiger partial charge is 0.399 e. The van der Waals surface area contributed by atoms with Crippen LogP contribution in [0, 0.1) is 0 Å². The van der Waals surface area contributed by atoms with Gasteiger partial charge in [-0.05, 0) is 36.9 Å². The van der Waals surface area contributed by atoms with Crippen molar-refractivity contribution >= 4 is 7.62 Å². The second-order valence-corrected chi connectivity index (χ2v) is 6.37. The van der Waals surface area contributed by atoms with Gasteiger partial charge in [0.05, 0.1) is 0 Å². The summed E-state index contributed by atoms with van der Waals surface area (Å²) in [6, 6.07) is 21.9. The highest BCUT2D eigenvalue weighted by Crippen LogP contribution is 2.43. The van der Waals surface area contributed by atoms with E-state index in [1.165, 1.54) is 30.4 Å². The molecule has 0 bridgehead atoms. The van der Waals surface area contributed by atoms with Crippen molar-refractivity contribution in [1.29, 1.82) is 0 Å². The normalized spacial score (nSPS) is 24.3. The lowest BCUT2D eigenvalue weighted by Crippen LogP contribution is -2.54. The van der Waals surface area contributed by atoms with Gasteiger partial charge in [0.2, 0.25) is 0 Å². The molecule has 1 atom stereocenters. The van der Waals surface area contributed by atoms with Crippen molar-refractivity contribution in [3.8, 4) is 0 Å². The van der Waals surface area contributed by atoms with Gasteiger partial charge in [-0.3, -0.25) is 0 Å². The molecule has 0 aliphatic carbocycles. The molecule has 111 valence electrons. The molecule has 0 spiro atoms. The van der Waals surface area contributed by atoms with E-state index in [9.17, 15) is 0 Å². The van der Waals surface area contributed by atoms with E-state index < -0.39 is 0 Å². The topological polar surface area (TPSA) is 12.5 Å². The van der Waals surface area contributed by atoms with Crippen LogP contribution in [-0.4, -0.2) is 25.0 Å². The maximum Gasteiger partial charge on any atom is 0.399 e. The van der Waals surface area contributed by atoms with Gasteiger partial charge in [0.1, 0.15) is 5.60 Å². The molecular weight excluding hydrogens is 269 g/mol. The molecule has 0 N–H and O–H groups in total. The largest absolute Gasteiger partial charge is 0.410 e. The van der Waals surface area contributed by atoms with Crippen molar-refractivity contribution in [1.82, 2.24) is 4.81 Å². The number of hydrogen-bond donors (Lipinski definition) is 0. The van der Waals surface area contributed by atoms with Crippen LogP contribution < -0.4 is 0 Å². The summed E-state index contributed by atoms with van der Waals surface area (Å²) in [5.74, 6) is 0. The molecule has 3 heteroatoms. The lowest BCUT2D eigenvalue weighted by molar-refractivity contribution is 0.0127. The average molecular weight is 290 g/mol. The van der Waals surface area contributed by atoms with Crippen LogP contribution in [0.2, 0.25) is 0 Å². The SMILES string of the molecule is [B]1OC(c2ccccc2)(c2ccccc2)CC2CCCCN12. The van der Waals surface area contributed by atoms with Crippen LogP contribution in [0.25, 0.3) is 0 Å². The second kappa shape index (κ2) is 5.90. The van der Waals surface area contributed by atoms with Gasteiger partial charge in [0.25, 0.3) is 0 Å². The Hall–Kier alpha value is -1.58. The van der Waals surface area contributed by atoms with E-state index >= 15 is 0 Å². The van der Waals surface area contributed by atoms with Crippen molar-refractivity contribution in [3.63, 3.8) is 0 Å². The molecule has 2 fully saturated rings. The molecule has 22 heavy (non-hydrogen) atoms. The summed E-state index contributed by atoms with van der Waals surface area (Å²) in [5, 5.41) is 0. The lowest BCUT2D eigenvalue weighted by Gasteiger charge is -2.48. The minimum atomic E-state index is -0.346. The predicted octanol–water partition coefficient (Wildman–Crippen LogP) is 3.74. The van der Waals surface area contributed by atoms with Gasteiger partial charge >= 0.3 is 7.62 Å². The van der Waals surface area contributed by atoms with Gasteiger partial charge in [-0.1, -0.05) is 67.1 Å². The first kappa shape index (κ1) is 14.0. The Bertz CT molecular complexity index is 576. The maximum absolute atomic E-state index is 6.41. The highest BCUT2D eigenvalue weighted by molar-refractivity contribution is 6.24. The summed E-state index contributed by atoms with van der Waals surface area (Å²) in [6.45, 7) is 1.13. The molecule has 1 unspecified atom stereocenters. The van der Waals surface area contributed by atoms with Gasteiger partial charge in [-0.2, -0.15) is 0 Å². The first-order chi connectivity index (χ1) is 10.9. The van der Waals surface area contributed by atoms with Crippen molar-refractivity contribution in [2.45, 2.75) is 37.3 Å². The number of hydrogen-bond acceptors (Lipinski definition) is 2. The minimum absolute atomic E-state index is 0.346. The Morgan fingerprint density at radius 3 is 2.18 bits per heavy atom. The first-order valence-electron chi connectivity index (χ1n) is 8.26. The Labute approximate surface area is 133 Å². The molecule has 2 nitrogen and oxygen atoms in total. The third-order valence-electron chi connectivity index (χ3n) is 5.07. The van der Waals surface area contributed by atoms with Crippen LogP contribution in [0.4, 0.5) is 0 Å². The molecule has 0 aromatic heterocycles. The highest BCUT2D eigenvalue weighted by Gasteiger charge is 2.44. The molecule has 4 rings (SSSR count). The molecule has 0 saturated carbocycles. The van der Waals surface area contributed by atoms with E-state index in [0.717, 1.165) is 13.0 Å². The third kappa shape index (κ3) is 2.39. The number of nitrogens with zero attached hydrogens (tertiary/aromatic N) is 1. The van der Waals surface area contributed by atoms with Gasteiger partial charge in [0, 0.05) is 6.04 Å². The van der Waals surface area contributed by atoms with Gasteiger partial charge in [-0.25, -0.2) is 0 Å².